The fourth-order valence-corrected chi connectivity index (χ4v) is 3.59. The Balaban J connectivity index is 1.96. The molecule has 0 unspecified atom stereocenters. The van der Waals surface area contributed by atoms with Gasteiger partial charge in [0.15, 0.2) is 6.61 Å². The Bertz CT molecular complexity index is 975. The van der Waals surface area contributed by atoms with Gasteiger partial charge in [-0.1, -0.05) is 11.6 Å². The van der Waals surface area contributed by atoms with E-state index in [2.05, 4.69) is 4.72 Å². The molecular weight excluding hydrogens is 384 g/mol. The van der Waals surface area contributed by atoms with Crippen LogP contribution in [0, 0.1) is 0 Å². The maximum Gasteiger partial charge on any atom is 0.323 e. The Hall–Kier alpha value is -2.78. The highest BCUT2D eigenvalue weighted by Crippen LogP contribution is 2.34. The molecule has 1 amide bonds. The third kappa shape index (κ3) is 3.73. The molecule has 0 radical (unpaired) electrons. The van der Waals surface area contributed by atoms with Crippen LogP contribution in [0.1, 0.15) is 0 Å². The summed E-state index contributed by atoms with van der Waals surface area (Å²) < 4.78 is 32.8. The topological polar surface area (TPSA) is 113 Å². The van der Waals surface area contributed by atoms with Crippen LogP contribution in [0.4, 0.5) is 11.4 Å². The van der Waals surface area contributed by atoms with E-state index in [4.69, 9.17) is 21.4 Å². The normalized spacial score (nSPS) is 13.7. The molecule has 1 aliphatic heterocycles. The number of hydrogen-bond donors (Lipinski definition) is 2. The number of nitrogens with zero attached hydrogens (tertiary/aromatic N) is 1. The molecule has 0 bridgehead atoms. The van der Waals surface area contributed by atoms with E-state index in [-0.39, 0.29) is 22.9 Å². The van der Waals surface area contributed by atoms with Gasteiger partial charge in [-0.15, -0.1) is 0 Å². The van der Waals surface area contributed by atoms with Crippen molar-refractivity contribution in [3.05, 3.63) is 47.5 Å². The minimum absolute atomic E-state index is 0.0858. The summed E-state index contributed by atoms with van der Waals surface area (Å²) in [6.07, 6.45) is 0. The number of hydrogen-bond acceptors (Lipinski definition) is 5. The average molecular weight is 397 g/mol. The first kappa shape index (κ1) is 18.0. The number of fused-ring (bicyclic) bond motifs is 1. The number of carboxylic acid groups (broad SMARTS) is 1. The summed E-state index contributed by atoms with van der Waals surface area (Å²) in [4.78, 5) is 23.8. The molecule has 1 aliphatic rings. The number of halogens is 1. The second kappa shape index (κ2) is 6.85. The third-order valence-corrected chi connectivity index (χ3v) is 5.20. The molecule has 3 rings (SSSR count). The van der Waals surface area contributed by atoms with E-state index in [9.17, 15) is 18.0 Å². The number of sulfonamides is 1. The van der Waals surface area contributed by atoms with Gasteiger partial charge in [0.05, 0.1) is 10.6 Å². The Morgan fingerprint density at radius 3 is 2.58 bits per heavy atom. The summed E-state index contributed by atoms with van der Waals surface area (Å²) >= 11 is 5.77. The van der Waals surface area contributed by atoms with Gasteiger partial charge < -0.3 is 9.84 Å². The highest BCUT2D eigenvalue weighted by Gasteiger charge is 2.29. The molecule has 0 fully saturated rings. The second-order valence-corrected chi connectivity index (χ2v) is 7.52. The summed E-state index contributed by atoms with van der Waals surface area (Å²) in [5.74, 6) is -1.56. The van der Waals surface area contributed by atoms with Gasteiger partial charge in [-0.2, -0.15) is 0 Å². The fraction of sp³-hybridized carbons (Fsp3) is 0.125. The third-order valence-electron chi connectivity index (χ3n) is 3.57. The number of benzene rings is 2. The molecule has 0 saturated heterocycles. The number of rotatable bonds is 5. The van der Waals surface area contributed by atoms with Crippen molar-refractivity contribution in [3.8, 4) is 5.75 Å². The van der Waals surface area contributed by atoms with Crippen LogP contribution in [-0.4, -0.2) is 38.6 Å². The number of amides is 1. The van der Waals surface area contributed by atoms with Gasteiger partial charge in [-0.05, 0) is 42.5 Å². The number of carboxylic acids is 1. The molecule has 8 nitrogen and oxygen atoms in total. The Labute approximate surface area is 154 Å². The van der Waals surface area contributed by atoms with Crippen molar-refractivity contribution >= 4 is 44.9 Å². The second-order valence-electron chi connectivity index (χ2n) is 5.40. The number of ether oxygens (including phenoxy) is 1. The number of nitrogens with one attached hydrogen (secondary N) is 1. The summed E-state index contributed by atoms with van der Waals surface area (Å²) in [6, 6.07) is 9.97. The minimum atomic E-state index is -3.96. The van der Waals surface area contributed by atoms with Crippen molar-refractivity contribution in [2.45, 2.75) is 4.90 Å². The van der Waals surface area contributed by atoms with Crippen molar-refractivity contribution in [2.75, 3.05) is 22.8 Å². The van der Waals surface area contributed by atoms with Crippen LogP contribution in [0.15, 0.2) is 47.4 Å². The molecule has 0 aromatic heterocycles. The van der Waals surface area contributed by atoms with Gasteiger partial charge >= 0.3 is 5.97 Å². The van der Waals surface area contributed by atoms with E-state index in [1.165, 1.54) is 42.5 Å². The van der Waals surface area contributed by atoms with Crippen LogP contribution < -0.4 is 14.4 Å². The molecule has 26 heavy (non-hydrogen) atoms. The summed E-state index contributed by atoms with van der Waals surface area (Å²) in [5.41, 5.74) is 0.393. The zero-order valence-electron chi connectivity index (χ0n) is 13.2. The average Bonchev–Trinajstić information content (AvgIpc) is 2.58. The lowest BCUT2D eigenvalue weighted by atomic mass is 10.2. The molecule has 0 aliphatic carbocycles. The zero-order chi connectivity index (χ0) is 18.9. The first-order valence-electron chi connectivity index (χ1n) is 7.34. The van der Waals surface area contributed by atoms with Crippen molar-refractivity contribution in [2.24, 2.45) is 0 Å². The Kier molecular flexibility index (Phi) is 4.75. The molecular formula is C16H13ClN2O6S. The smallest absolute Gasteiger partial charge is 0.323 e. The fourth-order valence-electron chi connectivity index (χ4n) is 2.39. The molecule has 10 heteroatoms. The predicted molar refractivity (Wildman–Crippen MR) is 94.2 cm³/mol. The highest BCUT2D eigenvalue weighted by atomic mass is 35.5. The van der Waals surface area contributed by atoms with Crippen LogP contribution in [-0.2, 0) is 19.6 Å². The summed E-state index contributed by atoms with van der Waals surface area (Å²) in [6.45, 7) is -0.904. The SMILES string of the molecule is O=C(O)CN1C(=O)COc2ccc(S(=O)(=O)Nc3ccc(Cl)cc3)cc21. The summed E-state index contributed by atoms with van der Waals surface area (Å²) in [5, 5.41) is 9.44. The van der Waals surface area contributed by atoms with E-state index >= 15 is 0 Å². The molecule has 2 N–H and O–H groups in total. The maximum atomic E-state index is 12.6. The maximum absolute atomic E-state index is 12.6. The van der Waals surface area contributed by atoms with E-state index in [0.29, 0.717) is 10.7 Å². The number of carbonyl (C=O) groups is 2. The van der Waals surface area contributed by atoms with Crippen molar-refractivity contribution in [1.29, 1.82) is 0 Å². The molecule has 0 spiro atoms. The largest absolute Gasteiger partial charge is 0.482 e. The quantitative estimate of drug-likeness (QED) is 0.798. The molecule has 136 valence electrons. The van der Waals surface area contributed by atoms with E-state index < -0.39 is 28.4 Å². The molecule has 2 aromatic rings. The first-order chi connectivity index (χ1) is 12.3. The monoisotopic (exact) mass is 396 g/mol. The lowest BCUT2D eigenvalue weighted by molar-refractivity contribution is -0.137. The van der Waals surface area contributed by atoms with Gasteiger partial charge in [0.25, 0.3) is 15.9 Å². The van der Waals surface area contributed by atoms with Crippen molar-refractivity contribution in [1.82, 2.24) is 0 Å². The minimum Gasteiger partial charge on any atom is -0.482 e. The van der Waals surface area contributed by atoms with E-state index in [1.807, 2.05) is 0 Å². The van der Waals surface area contributed by atoms with Crippen molar-refractivity contribution in [3.63, 3.8) is 0 Å². The number of aliphatic carboxylic acids is 1. The van der Waals surface area contributed by atoms with Crippen LogP contribution >= 0.6 is 11.6 Å². The molecule has 2 aromatic carbocycles. The predicted octanol–water partition coefficient (Wildman–Crippen LogP) is 1.95. The van der Waals surface area contributed by atoms with Gasteiger partial charge in [-0.25, -0.2) is 8.42 Å². The molecule has 1 heterocycles. The van der Waals surface area contributed by atoms with Crippen LogP contribution in [0.5, 0.6) is 5.75 Å². The molecule has 0 saturated carbocycles. The van der Waals surface area contributed by atoms with Gasteiger partial charge in [0, 0.05) is 10.7 Å². The van der Waals surface area contributed by atoms with Gasteiger partial charge in [0.2, 0.25) is 0 Å². The van der Waals surface area contributed by atoms with E-state index in [0.717, 1.165) is 4.90 Å². The standard InChI is InChI=1S/C16H13ClN2O6S/c17-10-1-3-11(4-2-10)18-26(23,24)12-5-6-14-13(7-12)19(8-16(21)22)15(20)9-25-14/h1-7,18H,8-9H2,(H,21,22). The highest BCUT2D eigenvalue weighted by molar-refractivity contribution is 7.92. The number of carbonyl (C=O) groups excluding carboxylic acids is 1. The van der Waals surface area contributed by atoms with Crippen LogP contribution in [0.25, 0.3) is 0 Å². The number of anilines is 2. The lowest BCUT2D eigenvalue weighted by Gasteiger charge is -2.28. The lowest BCUT2D eigenvalue weighted by Crippen LogP contribution is -2.42. The molecule has 0 atom stereocenters. The van der Waals surface area contributed by atoms with Gasteiger partial charge in [0.1, 0.15) is 12.3 Å². The van der Waals surface area contributed by atoms with Gasteiger partial charge in [-0.3, -0.25) is 19.2 Å². The first-order valence-corrected chi connectivity index (χ1v) is 9.20. The zero-order valence-corrected chi connectivity index (χ0v) is 14.7. The van der Waals surface area contributed by atoms with Crippen LogP contribution in [0.2, 0.25) is 5.02 Å². The Morgan fingerprint density at radius 1 is 1.23 bits per heavy atom. The summed E-state index contributed by atoms with van der Waals surface area (Å²) in [7, 11) is -3.96. The van der Waals surface area contributed by atoms with Crippen molar-refractivity contribution < 1.29 is 27.9 Å². The Morgan fingerprint density at radius 2 is 1.92 bits per heavy atom. The van der Waals surface area contributed by atoms with E-state index in [1.54, 1.807) is 0 Å². The van der Waals surface area contributed by atoms with Crippen LogP contribution in [0.3, 0.4) is 0 Å².